The summed E-state index contributed by atoms with van der Waals surface area (Å²) in [7, 11) is 0. The summed E-state index contributed by atoms with van der Waals surface area (Å²) in [5.41, 5.74) is 0. The van der Waals surface area contributed by atoms with Crippen LogP contribution >= 0.6 is 11.8 Å². The Morgan fingerprint density at radius 2 is 1.93 bits per heavy atom. The second-order valence-corrected chi connectivity index (χ2v) is 4.56. The Morgan fingerprint density at radius 1 is 1.33 bits per heavy atom. The Morgan fingerprint density at radius 3 is 2.40 bits per heavy atom. The van der Waals surface area contributed by atoms with Crippen molar-refractivity contribution < 1.29 is 14.7 Å². The van der Waals surface area contributed by atoms with E-state index in [1.807, 2.05) is 13.8 Å². The van der Waals surface area contributed by atoms with Gasteiger partial charge in [-0.25, -0.2) is 4.79 Å². The number of amides is 2. The molecule has 0 aromatic rings. The van der Waals surface area contributed by atoms with Crippen LogP contribution in [0.2, 0.25) is 0 Å². The molecule has 0 saturated heterocycles. The minimum absolute atomic E-state index is 0.0379. The number of carbonyl (C=O) groups excluding carboxylic acids is 1. The van der Waals surface area contributed by atoms with Gasteiger partial charge in [0.05, 0.1) is 0 Å². The molecule has 0 aliphatic rings. The van der Waals surface area contributed by atoms with Crippen LogP contribution in [-0.4, -0.2) is 40.7 Å². The highest BCUT2D eigenvalue weighted by atomic mass is 32.2. The van der Waals surface area contributed by atoms with Gasteiger partial charge in [0.2, 0.25) is 0 Å². The summed E-state index contributed by atoms with van der Waals surface area (Å²) in [6.45, 7) is 5.35. The molecule has 0 aliphatic heterocycles. The molecule has 0 radical (unpaired) electrons. The monoisotopic (exact) mass is 234 g/mol. The quantitative estimate of drug-likeness (QED) is 0.638. The van der Waals surface area contributed by atoms with Gasteiger partial charge in [0.25, 0.3) is 0 Å². The van der Waals surface area contributed by atoms with E-state index in [1.165, 1.54) is 6.92 Å². The third-order valence-electron chi connectivity index (χ3n) is 1.67. The molecule has 2 amide bonds. The lowest BCUT2D eigenvalue weighted by Crippen LogP contribution is -2.47. The highest BCUT2D eigenvalue weighted by Gasteiger charge is 2.14. The Kier molecular flexibility index (Phi) is 6.94. The number of hydrogen-bond acceptors (Lipinski definition) is 3. The number of hydrogen-bond donors (Lipinski definition) is 3. The molecule has 6 heteroatoms. The van der Waals surface area contributed by atoms with Crippen LogP contribution in [0.3, 0.4) is 0 Å². The normalized spacial score (nSPS) is 14.1. The molecule has 0 aromatic carbocycles. The molecule has 2 atom stereocenters. The number of urea groups is 1. The van der Waals surface area contributed by atoms with Crippen molar-refractivity contribution in [1.29, 1.82) is 0 Å². The van der Waals surface area contributed by atoms with E-state index < -0.39 is 18.0 Å². The standard InChI is InChI=1S/C9H18N2O3S/c1-4-15-5-6(2)10-9(14)11-7(3)8(12)13/h6-7H,4-5H2,1-3H3,(H,12,13)(H2,10,11,14)/t6?,7-/m1/s1. The average Bonchev–Trinajstić information content (AvgIpc) is 2.14. The first kappa shape index (κ1) is 14.1. The molecular formula is C9H18N2O3S. The van der Waals surface area contributed by atoms with Gasteiger partial charge in [0.15, 0.2) is 0 Å². The van der Waals surface area contributed by atoms with Crippen molar-refractivity contribution in [3.63, 3.8) is 0 Å². The van der Waals surface area contributed by atoms with Crippen molar-refractivity contribution in [2.45, 2.75) is 32.9 Å². The largest absolute Gasteiger partial charge is 0.480 e. The number of nitrogens with one attached hydrogen (secondary N) is 2. The number of rotatable bonds is 6. The highest BCUT2D eigenvalue weighted by molar-refractivity contribution is 7.99. The van der Waals surface area contributed by atoms with Crippen molar-refractivity contribution in [2.75, 3.05) is 11.5 Å². The number of carbonyl (C=O) groups is 2. The van der Waals surface area contributed by atoms with Crippen LogP contribution in [0, 0.1) is 0 Å². The molecule has 0 saturated carbocycles. The fraction of sp³-hybridized carbons (Fsp3) is 0.778. The van der Waals surface area contributed by atoms with Gasteiger partial charge in [-0.15, -0.1) is 0 Å². The zero-order valence-electron chi connectivity index (χ0n) is 9.24. The molecule has 3 N–H and O–H groups in total. The van der Waals surface area contributed by atoms with Crippen LogP contribution in [0.25, 0.3) is 0 Å². The van der Waals surface area contributed by atoms with Crippen LogP contribution in [-0.2, 0) is 4.79 Å². The van der Waals surface area contributed by atoms with Gasteiger partial charge in [0.1, 0.15) is 6.04 Å². The van der Waals surface area contributed by atoms with Gasteiger partial charge < -0.3 is 15.7 Å². The highest BCUT2D eigenvalue weighted by Crippen LogP contribution is 2.00. The van der Waals surface area contributed by atoms with Gasteiger partial charge in [-0.2, -0.15) is 11.8 Å². The van der Waals surface area contributed by atoms with Gasteiger partial charge in [0, 0.05) is 11.8 Å². The summed E-state index contributed by atoms with van der Waals surface area (Å²) >= 11 is 1.72. The van der Waals surface area contributed by atoms with E-state index in [1.54, 1.807) is 11.8 Å². The summed E-state index contributed by atoms with van der Waals surface area (Å²) in [5, 5.41) is 13.6. The number of aliphatic carboxylic acids is 1. The Hall–Kier alpha value is -0.910. The summed E-state index contributed by atoms with van der Waals surface area (Å²) in [6, 6.07) is -1.26. The molecule has 0 heterocycles. The minimum atomic E-state index is -1.04. The van der Waals surface area contributed by atoms with Crippen LogP contribution < -0.4 is 10.6 Å². The maximum atomic E-state index is 11.2. The zero-order chi connectivity index (χ0) is 11.8. The van der Waals surface area contributed by atoms with E-state index in [0.717, 1.165) is 11.5 Å². The fourth-order valence-corrected chi connectivity index (χ4v) is 1.53. The van der Waals surface area contributed by atoms with Crippen molar-refractivity contribution >= 4 is 23.8 Å². The van der Waals surface area contributed by atoms with Gasteiger partial charge >= 0.3 is 12.0 Å². The zero-order valence-corrected chi connectivity index (χ0v) is 10.1. The van der Waals surface area contributed by atoms with Crippen LogP contribution in [0.1, 0.15) is 20.8 Å². The maximum absolute atomic E-state index is 11.2. The first-order valence-electron chi connectivity index (χ1n) is 4.85. The van der Waals surface area contributed by atoms with Crippen molar-refractivity contribution in [3.8, 4) is 0 Å². The van der Waals surface area contributed by atoms with Gasteiger partial charge in [-0.1, -0.05) is 6.92 Å². The Bertz CT molecular complexity index is 223. The molecule has 0 aliphatic carbocycles. The predicted octanol–water partition coefficient (Wildman–Crippen LogP) is 0.900. The second kappa shape index (κ2) is 7.39. The summed E-state index contributed by atoms with van der Waals surface area (Å²) in [4.78, 5) is 21.7. The van der Waals surface area contributed by atoms with Crippen LogP contribution in [0.4, 0.5) is 4.79 Å². The summed E-state index contributed by atoms with van der Waals surface area (Å²) in [5.74, 6) is 0.783. The molecule has 88 valence electrons. The van der Waals surface area contributed by atoms with Crippen LogP contribution in [0.5, 0.6) is 0 Å². The van der Waals surface area contributed by atoms with Crippen molar-refractivity contribution in [1.82, 2.24) is 10.6 Å². The molecule has 1 unspecified atom stereocenters. The van der Waals surface area contributed by atoms with Gasteiger partial charge in [-0.05, 0) is 19.6 Å². The average molecular weight is 234 g/mol. The number of thioether (sulfide) groups is 1. The van der Waals surface area contributed by atoms with E-state index in [9.17, 15) is 9.59 Å². The van der Waals surface area contributed by atoms with E-state index in [2.05, 4.69) is 10.6 Å². The number of carboxylic acid groups (broad SMARTS) is 1. The lowest BCUT2D eigenvalue weighted by atomic mass is 10.3. The fourth-order valence-electron chi connectivity index (χ4n) is 0.860. The molecule has 0 bridgehead atoms. The maximum Gasteiger partial charge on any atom is 0.325 e. The number of carboxylic acids is 1. The van der Waals surface area contributed by atoms with Gasteiger partial charge in [-0.3, -0.25) is 4.79 Å². The molecule has 5 nitrogen and oxygen atoms in total. The van der Waals surface area contributed by atoms with Crippen molar-refractivity contribution in [3.05, 3.63) is 0 Å². The lowest BCUT2D eigenvalue weighted by Gasteiger charge is -2.15. The summed E-state index contributed by atoms with van der Waals surface area (Å²) < 4.78 is 0. The molecular weight excluding hydrogens is 216 g/mol. The van der Waals surface area contributed by atoms with E-state index >= 15 is 0 Å². The third-order valence-corrected chi connectivity index (χ3v) is 2.81. The van der Waals surface area contributed by atoms with E-state index in [4.69, 9.17) is 5.11 Å². The third kappa shape index (κ3) is 7.07. The molecule has 0 spiro atoms. The Balaban J connectivity index is 3.77. The molecule has 0 rings (SSSR count). The first-order chi connectivity index (χ1) is 6.97. The van der Waals surface area contributed by atoms with E-state index in [0.29, 0.717) is 0 Å². The molecule has 0 fully saturated rings. The molecule has 15 heavy (non-hydrogen) atoms. The Labute approximate surface area is 94.0 Å². The lowest BCUT2D eigenvalue weighted by molar-refractivity contribution is -0.138. The van der Waals surface area contributed by atoms with Crippen LogP contribution in [0.15, 0.2) is 0 Å². The van der Waals surface area contributed by atoms with E-state index in [-0.39, 0.29) is 6.04 Å². The predicted molar refractivity (Wildman–Crippen MR) is 61.2 cm³/mol. The first-order valence-corrected chi connectivity index (χ1v) is 6.00. The molecule has 0 aromatic heterocycles. The minimum Gasteiger partial charge on any atom is -0.480 e. The topological polar surface area (TPSA) is 78.4 Å². The second-order valence-electron chi connectivity index (χ2n) is 3.24. The smallest absolute Gasteiger partial charge is 0.325 e. The van der Waals surface area contributed by atoms with Crippen molar-refractivity contribution in [2.24, 2.45) is 0 Å². The SMILES string of the molecule is CCSCC(C)NC(=O)N[C@H](C)C(=O)O. The summed E-state index contributed by atoms with van der Waals surface area (Å²) in [6.07, 6.45) is 0.